The van der Waals surface area contributed by atoms with Crippen LogP contribution in [0.5, 0.6) is 0 Å². The van der Waals surface area contributed by atoms with Crippen molar-refractivity contribution in [2.45, 2.75) is 45.7 Å². The first-order chi connectivity index (χ1) is 4.81. The molecule has 0 amide bonds. The van der Waals surface area contributed by atoms with Gasteiger partial charge in [0.2, 0.25) is 0 Å². The smallest absolute Gasteiger partial charge is 0.0652 e. The summed E-state index contributed by atoms with van der Waals surface area (Å²) in [6.45, 7) is 14.4. The van der Waals surface area contributed by atoms with E-state index in [4.69, 9.17) is 0 Å². The van der Waals surface area contributed by atoms with Crippen molar-refractivity contribution in [3.63, 3.8) is 0 Å². The van der Waals surface area contributed by atoms with Crippen molar-refractivity contribution in [1.29, 1.82) is 0 Å². The molecule has 0 fully saturated rings. The van der Waals surface area contributed by atoms with Gasteiger partial charge in [-0.25, -0.2) is 0 Å². The van der Waals surface area contributed by atoms with Gasteiger partial charge >= 0.3 is 0 Å². The molecule has 11 heavy (non-hydrogen) atoms. The molecule has 0 rings (SSSR count). The topological polar surface area (TPSA) is 0 Å². The van der Waals surface area contributed by atoms with Crippen molar-refractivity contribution in [3.8, 4) is 0 Å². The lowest BCUT2D eigenvalue weighted by molar-refractivity contribution is 0.761. The molecule has 0 bridgehead atoms. The monoisotopic (exact) mass is 175 g/mol. The molecular formula is C10H24P+. The average Bonchev–Trinajstić information content (AvgIpc) is 1.81. The van der Waals surface area contributed by atoms with Gasteiger partial charge in [0.15, 0.2) is 0 Å². The highest BCUT2D eigenvalue weighted by atomic mass is 31.2. The van der Waals surface area contributed by atoms with Gasteiger partial charge in [-0.15, -0.1) is 0 Å². The standard InChI is InChI=1S/C10H24P/c1-7-8-9-11(5,6)10(2,3)4/h7-9H2,1-6H3/q+1. The van der Waals surface area contributed by atoms with E-state index < -0.39 is 7.26 Å². The van der Waals surface area contributed by atoms with E-state index in [1.165, 1.54) is 19.0 Å². The van der Waals surface area contributed by atoms with E-state index in [-0.39, 0.29) is 0 Å². The fraction of sp³-hybridized carbons (Fsp3) is 1.00. The first kappa shape index (κ1) is 11.4. The van der Waals surface area contributed by atoms with Crippen LogP contribution in [0.2, 0.25) is 0 Å². The molecule has 1 heteroatoms. The summed E-state index contributed by atoms with van der Waals surface area (Å²) in [4.78, 5) is 0. The summed E-state index contributed by atoms with van der Waals surface area (Å²) in [5.41, 5.74) is 0. The molecule has 68 valence electrons. The third-order valence-corrected chi connectivity index (χ3v) is 7.95. The van der Waals surface area contributed by atoms with Gasteiger partial charge in [-0.3, -0.25) is 0 Å². The van der Waals surface area contributed by atoms with Crippen LogP contribution in [-0.4, -0.2) is 24.6 Å². The zero-order valence-electron chi connectivity index (χ0n) is 9.07. The molecule has 0 aromatic rings. The first-order valence-corrected chi connectivity index (χ1v) is 7.51. The number of hydrogen-bond donors (Lipinski definition) is 0. The number of rotatable bonds is 3. The van der Waals surface area contributed by atoms with E-state index in [0.717, 1.165) is 0 Å². The Morgan fingerprint density at radius 2 is 1.55 bits per heavy atom. The normalized spacial score (nSPS) is 13.6. The van der Waals surface area contributed by atoms with Crippen molar-refractivity contribution in [1.82, 2.24) is 0 Å². The highest BCUT2D eigenvalue weighted by Gasteiger charge is 2.38. The fourth-order valence-electron chi connectivity index (χ4n) is 0.889. The SMILES string of the molecule is CCCC[P+](C)(C)C(C)(C)C. The van der Waals surface area contributed by atoms with Gasteiger partial charge in [-0.2, -0.15) is 0 Å². The minimum atomic E-state index is -0.643. The largest absolute Gasteiger partial charge is 0.0710 e. The Bertz CT molecular complexity index is 109. The molecule has 0 atom stereocenters. The second-order valence-corrected chi connectivity index (χ2v) is 10.1. The van der Waals surface area contributed by atoms with Crippen LogP contribution in [0.4, 0.5) is 0 Å². The number of unbranched alkanes of at least 4 members (excludes halogenated alkanes) is 1. The van der Waals surface area contributed by atoms with E-state index in [2.05, 4.69) is 41.0 Å². The molecule has 0 saturated heterocycles. The maximum Gasteiger partial charge on any atom is 0.0710 e. The van der Waals surface area contributed by atoms with E-state index in [0.29, 0.717) is 5.16 Å². The maximum atomic E-state index is 2.49. The molecule has 0 heterocycles. The van der Waals surface area contributed by atoms with E-state index in [9.17, 15) is 0 Å². The van der Waals surface area contributed by atoms with Gasteiger partial charge < -0.3 is 0 Å². The Kier molecular flexibility index (Phi) is 4.05. The lowest BCUT2D eigenvalue weighted by Crippen LogP contribution is -2.20. The molecule has 0 radical (unpaired) electrons. The summed E-state index contributed by atoms with van der Waals surface area (Å²) in [5.74, 6) is 0. The molecule has 0 spiro atoms. The van der Waals surface area contributed by atoms with Crippen LogP contribution in [0.3, 0.4) is 0 Å². The quantitative estimate of drug-likeness (QED) is 0.571. The Balaban J connectivity index is 4.00. The summed E-state index contributed by atoms with van der Waals surface area (Å²) in [6.07, 6.45) is 4.23. The molecule has 0 aliphatic heterocycles. The molecule has 0 N–H and O–H groups in total. The van der Waals surface area contributed by atoms with Crippen molar-refractivity contribution in [2.75, 3.05) is 19.5 Å². The van der Waals surface area contributed by atoms with Crippen LogP contribution >= 0.6 is 7.26 Å². The molecule has 0 aromatic heterocycles. The van der Waals surface area contributed by atoms with Crippen LogP contribution in [-0.2, 0) is 0 Å². The predicted molar refractivity (Wildman–Crippen MR) is 58.3 cm³/mol. The number of hydrogen-bond acceptors (Lipinski definition) is 0. The van der Waals surface area contributed by atoms with Crippen LogP contribution in [0.1, 0.15) is 40.5 Å². The molecule has 0 saturated carbocycles. The van der Waals surface area contributed by atoms with E-state index in [1.807, 2.05) is 0 Å². The summed E-state index contributed by atoms with van der Waals surface area (Å²) in [6, 6.07) is 0. The minimum absolute atomic E-state index is 0.558. The Morgan fingerprint density at radius 1 is 1.09 bits per heavy atom. The van der Waals surface area contributed by atoms with Crippen molar-refractivity contribution in [2.24, 2.45) is 0 Å². The van der Waals surface area contributed by atoms with Crippen molar-refractivity contribution < 1.29 is 0 Å². The third-order valence-electron chi connectivity index (χ3n) is 2.89. The van der Waals surface area contributed by atoms with Gasteiger partial charge in [0.05, 0.1) is 11.3 Å². The third kappa shape index (κ3) is 3.56. The molecule has 0 aliphatic rings. The predicted octanol–water partition coefficient (Wildman–Crippen LogP) is 3.86. The molecule has 0 nitrogen and oxygen atoms in total. The maximum absolute atomic E-state index is 2.49. The van der Waals surface area contributed by atoms with Crippen LogP contribution in [0.15, 0.2) is 0 Å². The summed E-state index contributed by atoms with van der Waals surface area (Å²) in [5, 5.41) is 0.558. The highest BCUT2D eigenvalue weighted by molar-refractivity contribution is 7.75. The van der Waals surface area contributed by atoms with E-state index >= 15 is 0 Å². The van der Waals surface area contributed by atoms with Gasteiger partial charge in [-0.05, 0) is 27.2 Å². The molecule has 0 aliphatic carbocycles. The Labute approximate surface area is 73.1 Å². The van der Waals surface area contributed by atoms with Crippen molar-refractivity contribution >= 4 is 7.26 Å². The second kappa shape index (κ2) is 3.90. The highest BCUT2D eigenvalue weighted by Crippen LogP contribution is 2.62. The Hall–Kier alpha value is 0.430. The summed E-state index contributed by atoms with van der Waals surface area (Å²) >= 11 is 0. The fourth-order valence-corrected chi connectivity index (χ4v) is 2.67. The zero-order valence-corrected chi connectivity index (χ0v) is 9.96. The average molecular weight is 175 g/mol. The zero-order chi connectivity index (χ0) is 9.12. The van der Waals surface area contributed by atoms with Crippen LogP contribution < -0.4 is 0 Å². The Morgan fingerprint density at radius 3 is 1.82 bits per heavy atom. The minimum Gasteiger partial charge on any atom is -0.0652 e. The lowest BCUT2D eigenvalue weighted by Gasteiger charge is -2.31. The molecule has 0 aromatic carbocycles. The summed E-state index contributed by atoms with van der Waals surface area (Å²) < 4.78 is 0. The lowest BCUT2D eigenvalue weighted by atomic mass is 10.3. The van der Waals surface area contributed by atoms with Gasteiger partial charge in [-0.1, -0.05) is 13.3 Å². The van der Waals surface area contributed by atoms with Gasteiger partial charge in [0.1, 0.15) is 0 Å². The van der Waals surface area contributed by atoms with Gasteiger partial charge in [0, 0.05) is 20.6 Å². The first-order valence-electron chi connectivity index (χ1n) is 4.64. The second-order valence-electron chi connectivity index (χ2n) is 4.93. The summed E-state index contributed by atoms with van der Waals surface area (Å²) in [7, 11) is -0.643. The van der Waals surface area contributed by atoms with Gasteiger partial charge in [0.25, 0.3) is 0 Å². The van der Waals surface area contributed by atoms with Crippen molar-refractivity contribution in [3.05, 3.63) is 0 Å². The molecule has 0 unspecified atom stereocenters. The van der Waals surface area contributed by atoms with Crippen LogP contribution in [0.25, 0.3) is 0 Å². The molecular weight excluding hydrogens is 151 g/mol. The van der Waals surface area contributed by atoms with Crippen LogP contribution in [0, 0.1) is 0 Å². The van der Waals surface area contributed by atoms with E-state index in [1.54, 1.807) is 0 Å².